The highest BCUT2D eigenvalue weighted by atomic mass is 16.6. The van der Waals surface area contributed by atoms with E-state index in [-0.39, 0.29) is 28.3 Å². The first-order chi connectivity index (χ1) is 13.4. The van der Waals surface area contributed by atoms with Crippen LogP contribution in [0.4, 0.5) is 11.4 Å². The van der Waals surface area contributed by atoms with Crippen LogP contribution in [0.25, 0.3) is 11.0 Å². The number of piperidine rings is 1. The molecule has 0 aliphatic carbocycles. The Kier molecular flexibility index (Phi) is 5.58. The fourth-order valence-corrected chi connectivity index (χ4v) is 4.78. The molecule has 1 aromatic carbocycles. The van der Waals surface area contributed by atoms with Crippen LogP contribution in [0.1, 0.15) is 66.2 Å². The summed E-state index contributed by atoms with van der Waals surface area (Å²) in [6.45, 7) is 8.43. The molecule has 1 aromatic heterocycles. The number of aromatic nitrogens is 2. The molecule has 28 heavy (non-hydrogen) atoms. The summed E-state index contributed by atoms with van der Waals surface area (Å²) in [7, 11) is 0. The molecule has 0 spiro atoms. The lowest BCUT2D eigenvalue weighted by Crippen LogP contribution is -2.65. The predicted octanol–water partition coefficient (Wildman–Crippen LogP) is 4.51. The van der Waals surface area contributed by atoms with E-state index in [0.29, 0.717) is 11.2 Å². The zero-order chi connectivity index (χ0) is 20.5. The molecule has 1 saturated heterocycles. The van der Waals surface area contributed by atoms with Gasteiger partial charge in [-0.05, 0) is 54.9 Å². The van der Waals surface area contributed by atoms with Gasteiger partial charge in [0.15, 0.2) is 5.52 Å². The summed E-state index contributed by atoms with van der Waals surface area (Å²) in [6, 6.07) is 3.18. The van der Waals surface area contributed by atoms with Gasteiger partial charge in [0.2, 0.25) is 5.52 Å². The molecule has 2 heterocycles. The van der Waals surface area contributed by atoms with Gasteiger partial charge in [0.05, 0.1) is 10.6 Å². The summed E-state index contributed by atoms with van der Waals surface area (Å²) < 4.78 is 4.78. The average molecular weight is 391 g/mol. The predicted molar refractivity (Wildman–Crippen MR) is 105 cm³/mol. The van der Waals surface area contributed by atoms with E-state index >= 15 is 0 Å². The molecule has 1 aliphatic rings. The van der Waals surface area contributed by atoms with Crippen molar-refractivity contribution in [3.8, 4) is 0 Å². The summed E-state index contributed by atoms with van der Waals surface area (Å²) >= 11 is 0. The summed E-state index contributed by atoms with van der Waals surface area (Å²) in [6.07, 6.45) is 4.87. The molecule has 2 N–H and O–H groups in total. The number of nitro groups is 1. The van der Waals surface area contributed by atoms with E-state index < -0.39 is 4.92 Å². The van der Waals surface area contributed by atoms with Gasteiger partial charge >= 0.3 is 5.69 Å². The number of nitro benzene ring substituents is 1. The molecule has 9 nitrogen and oxygen atoms in total. The van der Waals surface area contributed by atoms with E-state index in [1.807, 2.05) is 0 Å². The molecule has 0 saturated carbocycles. The number of hydroxylamine groups is 2. The van der Waals surface area contributed by atoms with Crippen LogP contribution in [0.2, 0.25) is 0 Å². The van der Waals surface area contributed by atoms with Gasteiger partial charge in [-0.2, -0.15) is 5.06 Å². The normalized spacial score (nSPS) is 19.8. The molecular weight excluding hydrogens is 362 g/mol. The van der Waals surface area contributed by atoms with Crippen LogP contribution in [0.15, 0.2) is 16.8 Å². The van der Waals surface area contributed by atoms with Crippen LogP contribution in [0, 0.1) is 10.1 Å². The Morgan fingerprint density at radius 3 is 2.18 bits per heavy atom. The van der Waals surface area contributed by atoms with Crippen molar-refractivity contribution in [2.75, 3.05) is 5.32 Å². The minimum atomic E-state index is -0.487. The van der Waals surface area contributed by atoms with E-state index in [0.717, 1.165) is 38.5 Å². The van der Waals surface area contributed by atoms with Crippen molar-refractivity contribution in [3.63, 3.8) is 0 Å². The van der Waals surface area contributed by atoms with Crippen molar-refractivity contribution in [2.24, 2.45) is 0 Å². The highest BCUT2D eigenvalue weighted by Crippen LogP contribution is 2.45. The molecule has 0 atom stereocenters. The van der Waals surface area contributed by atoms with E-state index in [1.54, 1.807) is 11.1 Å². The Morgan fingerprint density at radius 2 is 1.68 bits per heavy atom. The Morgan fingerprint density at radius 1 is 1.14 bits per heavy atom. The fourth-order valence-electron chi connectivity index (χ4n) is 4.78. The number of hydrogen-bond donors (Lipinski definition) is 2. The van der Waals surface area contributed by atoms with Crippen molar-refractivity contribution >= 4 is 22.4 Å². The van der Waals surface area contributed by atoms with E-state index in [2.05, 4.69) is 43.3 Å². The molecule has 1 fully saturated rings. The molecule has 0 radical (unpaired) electrons. The minimum absolute atomic E-state index is 0.0876. The van der Waals surface area contributed by atoms with Crippen LogP contribution >= 0.6 is 0 Å². The second-order valence-corrected chi connectivity index (χ2v) is 7.78. The lowest BCUT2D eigenvalue weighted by Gasteiger charge is -2.56. The van der Waals surface area contributed by atoms with Gasteiger partial charge in [-0.25, -0.2) is 4.63 Å². The molecule has 0 bridgehead atoms. The van der Waals surface area contributed by atoms with Gasteiger partial charge in [0, 0.05) is 23.2 Å². The van der Waals surface area contributed by atoms with Gasteiger partial charge < -0.3 is 10.5 Å². The lowest BCUT2D eigenvalue weighted by atomic mass is 9.71. The van der Waals surface area contributed by atoms with Crippen molar-refractivity contribution < 1.29 is 14.8 Å². The second kappa shape index (κ2) is 7.63. The number of anilines is 1. The molecule has 0 amide bonds. The maximum atomic E-state index is 11.2. The van der Waals surface area contributed by atoms with Crippen LogP contribution in [0.3, 0.4) is 0 Å². The van der Waals surface area contributed by atoms with Crippen LogP contribution in [-0.2, 0) is 0 Å². The SMILES string of the molecule is CCC1(CC)CC(Nc2ccc([N+](=O)[O-])c3nonc23)CC(CC)(CC)N1O. The Hall–Kier alpha value is -2.26. The van der Waals surface area contributed by atoms with Gasteiger partial charge in [-0.15, -0.1) is 0 Å². The zero-order valence-electron chi connectivity index (χ0n) is 16.9. The molecule has 0 unspecified atom stereocenters. The van der Waals surface area contributed by atoms with Gasteiger partial charge in [-0.3, -0.25) is 10.1 Å². The molecular formula is C19H29N5O4. The molecule has 1 aliphatic heterocycles. The van der Waals surface area contributed by atoms with Gasteiger partial charge in [0.1, 0.15) is 0 Å². The summed E-state index contributed by atoms with van der Waals surface area (Å²) in [4.78, 5) is 10.7. The highest BCUT2D eigenvalue weighted by molar-refractivity contribution is 5.93. The number of nitrogens with zero attached hydrogens (tertiary/aromatic N) is 4. The van der Waals surface area contributed by atoms with Crippen molar-refractivity contribution in [3.05, 3.63) is 22.2 Å². The largest absolute Gasteiger partial charge is 0.380 e. The standard InChI is InChI=1S/C19H29N5O4/c1-5-18(6-2)11-13(12-19(7-3,8-4)24(18)27)20-14-9-10-15(23(25)26)17-16(14)21-28-22-17/h9-10,13,20,27H,5-8,11-12H2,1-4H3. The topological polar surface area (TPSA) is 118 Å². The smallest absolute Gasteiger partial charge is 0.300 e. The lowest BCUT2D eigenvalue weighted by molar-refractivity contribution is -0.383. The fraction of sp³-hybridized carbons (Fsp3) is 0.684. The highest BCUT2D eigenvalue weighted by Gasteiger charge is 2.51. The van der Waals surface area contributed by atoms with Gasteiger partial charge in [-0.1, -0.05) is 27.7 Å². The third-order valence-corrected chi connectivity index (χ3v) is 6.73. The zero-order valence-corrected chi connectivity index (χ0v) is 16.9. The van der Waals surface area contributed by atoms with Crippen molar-refractivity contribution in [2.45, 2.75) is 83.3 Å². The van der Waals surface area contributed by atoms with Crippen LogP contribution < -0.4 is 5.32 Å². The third kappa shape index (κ3) is 3.12. The van der Waals surface area contributed by atoms with Crippen molar-refractivity contribution in [1.82, 2.24) is 15.4 Å². The summed E-state index contributed by atoms with van der Waals surface area (Å²) in [5, 5.41) is 35.1. The summed E-state index contributed by atoms with van der Waals surface area (Å²) in [5.74, 6) is 0. The Bertz CT molecular complexity index is 822. The quantitative estimate of drug-likeness (QED) is 0.523. The molecule has 9 heteroatoms. The minimum Gasteiger partial charge on any atom is -0.380 e. The van der Waals surface area contributed by atoms with Gasteiger partial charge in [0.25, 0.3) is 0 Å². The second-order valence-electron chi connectivity index (χ2n) is 7.78. The maximum Gasteiger partial charge on any atom is 0.300 e. The number of hydrogen-bond acceptors (Lipinski definition) is 8. The first-order valence-electron chi connectivity index (χ1n) is 10.0. The summed E-state index contributed by atoms with van der Waals surface area (Å²) in [5.41, 5.74) is 0.413. The van der Waals surface area contributed by atoms with E-state index in [9.17, 15) is 15.3 Å². The first-order valence-corrected chi connectivity index (χ1v) is 10.0. The number of non-ortho nitro benzene ring substituents is 1. The van der Waals surface area contributed by atoms with Crippen LogP contribution in [-0.4, -0.2) is 42.6 Å². The van der Waals surface area contributed by atoms with Crippen LogP contribution in [0.5, 0.6) is 0 Å². The number of fused-ring (bicyclic) bond motifs is 1. The third-order valence-electron chi connectivity index (χ3n) is 6.73. The monoisotopic (exact) mass is 391 g/mol. The average Bonchev–Trinajstić information content (AvgIpc) is 3.19. The van der Waals surface area contributed by atoms with E-state index in [1.165, 1.54) is 6.07 Å². The molecule has 3 rings (SSSR count). The Labute approximate surface area is 164 Å². The van der Waals surface area contributed by atoms with E-state index in [4.69, 9.17) is 4.63 Å². The number of benzene rings is 1. The number of rotatable bonds is 7. The Balaban J connectivity index is 1.98. The molecule has 2 aromatic rings. The first kappa shape index (κ1) is 20.5. The maximum absolute atomic E-state index is 11.2. The van der Waals surface area contributed by atoms with Crippen molar-refractivity contribution in [1.29, 1.82) is 0 Å². The molecule has 154 valence electrons. The number of nitrogens with one attached hydrogen (secondary N) is 1.